The number of carbonyl (C=O) groups is 1. The Balaban J connectivity index is 1.50. The van der Waals surface area contributed by atoms with Crippen LogP contribution in [-0.4, -0.2) is 42.5 Å². The molecule has 1 saturated heterocycles. The van der Waals surface area contributed by atoms with Gasteiger partial charge in [0.05, 0.1) is 0 Å². The van der Waals surface area contributed by atoms with Gasteiger partial charge in [-0.2, -0.15) is 4.98 Å². The van der Waals surface area contributed by atoms with E-state index in [9.17, 15) is 13.2 Å². The molecule has 0 aliphatic carbocycles. The van der Waals surface area contributed by atoms with Gasteiger partial charge >= 0.3 is 11.8 Å². The lowest BCUT2D eigenvalue weighted by molar-refractivity contribution is 0.0743. The first-order valence-corrected chi connectivity index (χ1v) is 12.0. The van der Waals surface area contributed by atoms with Gasteiger partial charge in [-0.15, -0.1) is 11.3 Å². The molecule has 30 heavy (non-hydrogen) atoms. The van der Waals surface area contributed by atoms with Crippen LogP contribution in [0.3, 0.4) is 0 Å². The molecular formula is C20H22N4O4S2. The lowest BCUT2D eigenvalue weighted by atomic mass is 10.0. The number of anilines is 1. The second kappa shape index (κ2) is 8.19. The molecule has 4 rings (SSSR count). The second-order valence-electron chi connectivity index (χ2n) is 7.46. The van der Waals surface area contributed by atoms with Crippen LogP contribution in [0.15, 0.2) is 44.4 Å². The van der Waals surface area contributed by atoms with Gasteiger partial charge in [0.1, 0.15) is 4.21 Å². The number of carbonyl (C=O) groups excluding carboxylic acids is 1. The molecule has 1 aliphatic rings. The first-order valence-electron chi connectivity index (χ1n) is 9.68. The van der Waals surface area contributed by atoms with Crippen LogP contribution < -0.4 is 4.72 Å². The molecule has 1 aliphatic heterocycles. The number of rotatable bonds is 6. The zero-order valence-electron chi connectivity index (χ0n) is 16.7. The van der Waals surface area contributed by atoms with E-state index in [0.29, 0.717) is 30.3 Å². The van der Waals surface area contributed by atoms with Crippen molar-refractivity contribution in [1.82, 2.24) is 15.0 Å². The average Bonchev–Trinajstić information content (AvgIpc) is 3.49. The van der Waals surface area contributed by atoms with Crippen LogP contribution >= 0.6 is 11.3 Å². The summed E-state index contributed by atoms with van der Waals surface area (Å²) in [6, 6.07) is 8.78. The second-order valence-corrected chi connectivity index (χ2v) is 10.3. The molecule has 1 aromatic carbocycles. The van der Waals surface area contributed by atoms with E-state index < -0.39 is 10.0 Å². The van der Waals surface area contributed by atoms with Crippen LogP contribution in [0.1, 0.15) is 48.9 Å². The molecule has 0 saturated carbocycles. The van der Waals surface area contributed by atoms with Gasteiger partial charge in [0.15, 0.2) is 0 Å². The Labute approximate surface area is 179 Å². The average molecular weight is 447 g/mol. The molecule has 0 unspecified atom stereocenters. The minimum absolute atomic E-state index is 0.0779. The summed E-state index contributed by atoms with van der Waals surface area (Å²) in [5.41, 5.74) is 2.11. The van der Waals surface area contributed by atoms with Gasteiger partial charge in [0.2, 0.25) is 5.82 Å². The van der Waals surface area contributed by atoms with Crippen molar-refractivity contribution < 1.29 is 17.7 Å². The molecule has 3 heterocycles. The molecular weight excluding hydrogens is 424 g/mol. The number of hydrogen-bond donors (Lipinski definition) is 1. The Morgan fingerprint density at radius 3 is 2.57 bits per heavy atom. The maximum absolute atomic E-state index is 12.7. The van der Waals surface area contributed by atoms with E-state index in [1.165, 1.54) is 6.07 Å². The molecule has 0 radical (unpaired) electrons. The fraction of sp³-hybridized carbons (Fsp3) is 0.350. The normalized spacial score (nSPS) is 14.4. The molecule has 10 heteroatoms. The molecule has 0 bridgehead atoms. The van der Waals surface area contributed by atoms with E-state index in [1.807, 2.05) is 12.1 Å². The molecule has 0 spiro atoms. The summed E-state index contributed by atoms with van der Waals surface area (Å²) in [6.45, 7) is 5.52. The minimum Gasteiger partial charge on any atom is -0.334 e. The summed E-state index contributed by atoms with van der Waals surface area (Å²) in [7, 11) is -3.75. The van der Waals surface area contributed by atoms with Crippen LogP contribution in [0.25, 0.3) is 11.4 Å². The summed E-state index contributed by atoms with van der Waals surface area (Å²) in [5.74, 6) is 0.191. The number of likely N-dealkylation sites (tertiary alicyclic amines) is 1. The van der Waals surface area contributed by atoms with Crippen molar-refractivity contribution in [1.29, 1.82) is 0 Å². The lowest BCUT2D eigenvalue weighted by Gasteiger charge is -2.10. The molecule has 1 N–H and O–H groups in total. The van der Waals surface area contributed by atoms with Gasteiger partial charge in [-0.05, 0) is 42.5 Å². The molecule has 8 nitrogen and oxygen atoms in total. The van der Waals surface area contributed by atoms with Crippen molar-refractivity contribution >= 4 is 33.0 Å². The molecule has 3 aromatic rings. The van der Waals surface area contributed by atoms with Crippen LogP contribution in [-0.2, 0) is 10.0 Å². The first kappa shape index (κ1) is 20.5. The smallest absolute Gasteiger partial charge is 0.316 e. The Morgan fingerprint density at radius 2 is 1.90 bits per heavy atom. The maximum atomic E-state index is 12.7. The van der Waals surface area contributed by atoms with Crippen LogP contribution in [0.5, 0.6) is 0 Å². The lowest BCUT2D eigenvalue weighted by Crippen LogP contribution is -2.27. The zero-order valence-corrected chi connectivity index (χ0v) is 18.3. The highest BCUT2D eigenvalue weighted by Crippen LogP contribution is 2.29. The predicted molar refractivity (Wildman–Crippen MR) is 114 cm³/mol. The van der Waals surface area contributed by atoms with E-state index >= 15 is 0 Å². The number of nitrogens with zero attached hydrogens (tertiary/aromatic N) is 3. The standard InChI is InChI=1S/C20H22N4O4S2/c1-13(2)14-5-7-16(8-6-14)23-30(26,27)17-11-15(12-29-17)18-21-19(28-22-18)20(25)24-9-3-4-10-24/h5-8,11-13,23H,3-4,9-10H2,1-2H3. The number of hydrogen-bond acceptors (Lipinski definition) is 7. The van der Waals surface area contributed by atoms with Gasteiger partial charge in [-0.1, -0.05) is 31.1 Å². The van der Waals surface area contributed by atoms with Gasteiger partial charge in [-0.3, -0.25) is 9.52 Å². The van der Waals surface area contributed by atoms with Crippen LogP contribution in [0, 0.1) is 0 Å². The number of benzene rings is 1. The summed E-state index contributed by atoms with van der Waals surface area (Å²) >= 11 is 1.05. The van der Waals surface area contributed by atoms with Gasteiger partial charge < -0.3 is 9.42 Å². The van der Waals surface area contributed by atoms with E-state index in [-0.39, 0.29) is 21.8 Å². The van der Waals surface area contributed by atoms with E-state index in [1.54, 1.807) is 22.4 Å². The van der Waals surface area contributed by atoms with Crippen molar-refractivity contribution in [3.05, 3.63) is 47.2 Å². The Morgan fingerprint density at radius 1 is 1.20 bits per heavy atom. The Kier molecular flexibility index (Phi) is 5.61. The zero-order chi connectivity index (χ0) is 21.3. The third-order valence-electron chi connectivity index (χ3n) is 4.93. The molecule has 1 amide bonds. The monoisotopic (exact) mass is 446 g/mol. The fourth-order valence-electron chi connectivity index (χ4n) is 3.20. The van der Waals surface area contributed by atoms with Crippen molar-refractivity contribution in [3.8, 4) is 11.4 Å². The molecule has 0 atom stereocenters. The molecule has 158 valence electrons. The quantitative estimate of drug-likeness (QED) is 0.614. The van der Waals surface area contributed by atoms with Crippen molar-refractivity contribution in [2.45, 2.75) is 36.8 Å². The highest BCUT2D eigenvalue weighted by molar-refractivity contribution is 7.94. The third kappa shape index (κ3) is 4.24. The van der Waals surface area contributed by atoms with Crippen LogP contribution in [0.4, 0.5) is 5.69 Å². The minimum atomic E-state index is -3.75. The van der Waals surface area contributed by atoms with Crippen molar-refractivity contribution in [2.24, 2.45) is 0 Å². The highest BCUT2D eigenvalue weighted by Gasteiger charge is 2.26. The third-order valence-corrected chi connectivity index (χ3v) is 7.75. The molecule has 1 fully saturated rings. The van der Waals surface area contributed by atoms with Crippen molar-refractivity contribution in [3.63, 3.8) is 0 Å². The van der Waals surface area contributed by atoms with Gasteiger partial charge in [0, 0.05) is 29.7 Å². The number of nitrogens with one attached hydrogen (secondary N) is 1. The highest BCUT2D eigenvalue weighted by atomic mass is 32.2. The Bertz CT molecular complexity index is 1140. The summed E-state index contributed by atoms with van der Waals surface area (Å²) in [6.07, 6.45) is 1.93. The fourth-order valence-corrected chi connectivity index (χ4v) is 5.42. The topological polar surface area (TPSA) is 105 Å². The number of sulfonamides is 1. The van der Waals surface area contributed by atoms with Gasteiger partial charge in [-0.25, -0.2) is 8.42 Å². The summed E-state index contributed by atoms with van der Waals surface area (Å²) < 4.78 is 33.3. The molecule has 2 aromatic heterocycles. The van der Waals surface area contributed by atoms with Gasteiger partial charge in [0.25, 0.3) is 10.0 Å². The first-order chi connectivity index (χ1) is 14.3. The van der Waals surface area contributed by atoms with E-state index in [0.717, 1.165) is 29.7 Å². The predicted octanol–water partition coefficient (Wildman–Crippen LogP) is 3.96. The Hall–Kier alpha value is -2.72. The van der Waals surface area contributed by atoms with E-state index in [4.69, 9.17) is 4.52 Å². The van der Waals surface area contributed by atoms with Crippen LogP contribution in [0.2, 0.25) is 0 Å². The maximum Gasteiger partial charge on any atom is 0.316 e. The number of amides is 1. The SMILES string of the molecule is CC(C)c1ccc(NS(=O)(=O)c2cc(-c3noc(C(=O)N4CCCC4)n3)cs2)cc1. The largest absolute Gasteiger partial charge is 0.334 e. The van der Waals surface area contributed by atoms with E-state index in [2.05, 4.69) is 28.7 Å². The van der Waals surface area contributed by atoms with Crippen molar-refractivity contribution in [2.75, 3.05) is 17.8 Å². The summed E-state index contributed by atoms with van der Waals surface area (Å²) in [4.78, 5) is 18.2. The number of thiophene rings is 1. The number of aromatic nitrogens is 2. The summed E-state index contributed by atoms with van der Waals surface area (Å²) in [5, 5.41) is 5.47.